The van der Waals surface area contributed by atoms with Crippen LogP contribution in [0, 0.1) is 0 Å². The molecule has 0 radical (unpaired) electrons. The van der Waals surface area contributed by atoms with Crippen molar-refractivity contribution < 1.29 is 9.59 Å². The first-order chi connectivity index (χ1) is 9.49. The molecule has 0 unspecified atom stereocenters. The maximum Gasteiger partial charge on any atom is 0.240 e. The first kappa shape index (κ1) is 14.1. The van der Waals surface area contributed by atoms with E-state index >= 15 is 0 Å². The van der Waals surface area contributed by atoms with Gasteiger partial charge in [0, 0.05) is 24.1 Å². The Morgan fingerprint density at radius 2 is 2.05 bits per heavy atom. The van der Waals surface area contributed by atoms with Crippen molar-refractivity contribution in [3.8, 4) is 0 Å². The van der Waals surface area contributed by atoms with Gasteiger partial charge in [-0.2, -0.15) is 0 Å². The first-order valence-electron chi connectivity index (χ1n) is 6.33. The highest BCUT2D eigenvalue weighted by atomic mass is 16.2. The number of carbonyl (C=O) groups excluding carboxylic acids is 2. The maximum absolute atomic E-state index is 12.0. The molecule has 1 heterocycles. The minimum atomic E-state index is -0.696. The van der Waals surface area contributed by atoms with Gasteiger partial charge in [0.15, 0.2) is 0 Å². The Labute approximate surface area is 116 Å². The number of likely N-dealkylation sites (N-methyl/N-ethyl adjacent to an activating group) is 1. The van der Waals surface area contributed by atoms with Crippen LogP contribution in [0.25, 0.3) is 10.9 Å². The number of rotatable bonds is 5. The van der Waals surface area contributed by atoms with Crippen molar-refractivity contribution in [1.29, 1.82) is 0 Å². The molecule has 0 fully saturated rings. The van der Waals surface area contributed by atoms with Gasteiger partial charge in [-0.05, 0) is 18.1 Å². The number of nitrogens with zero attached hydrogens (tertiary/aromatic N) is 1. The molecule has 1 aromatic heterocycles. The van der Waals surface area contributed by atoms with E-state index in [9.17, 15) is 9.59 Å². The number of amides is 2. The fraction of sp³-hybridized carbons (Fsp3) is 0.286. The Hall–Kier alpha value is -2.34. The predicted octanol–water partition coefficient (Wildman–Crippen LogP) is -0.0186. The third-order valence-corrected chi connectivity index (χ3v) is 3.20. The number of hydrogen-bond acceptors (Lipinski definition) is 3. The molecule has 2 rings (SSSR count). The summed E-state index contributed by atoms with van der Waals surface area (Å²) in [6, 6.07) is 7.12. The number of nitrogens with two attached hydrogens (primary N) is 2. The summed E-state index contributed by atoms with van der Waals surface area (Å²) in [4.78, 5) is 27.2. The van der Waals surface area contributed by atoms with E-state index in [1.165, 1.54) is 11.9 Å². The zero-order valence-electron chi connectivity index (χ0n) is 11.3. The summed E-state index contributed by atoms with van der Waals surface area (Å²) in [6.45, 7) is -0.125. The van der Waals surface area contributed by atoms with Crippen molar-refractivity contribution in [3.63, 3.8) is 0 Å². The molecule has 6 heteroatoms. The van der Waals surface area contributed by atoms with Gasteiger partial charge in [-0.25, -0.2) is 0 Å². The van der Waals surface area contributed by atoms with Crippen molar-refractivity contribution in [2.24, 2.45) is 11.5 Å². The van der Waals surface area contributed by atoms with Gasteiger partial charge >= 0.3 is 0 Å². The van der Waals surface area contributed by atoms with Crippen molar-refractivity contribution in [2.45, 2.75) is 12.5 Å². The fourth-order valence-corrected chi connectivity index (χ4v) is 2.22. The first-order valence-corrected chi connectivity index (χ1v) is 6.33. The molecule has 0 spiro atoms. The van der Waals surface area contributed by atoms with Gasteiger partial charge in [-0.15, -0.1) is 0 Å². The zero-order valence-corrected chi connectivity index (χ0v) is 11.3. The van der Waals surface area contributed by atoms with E-state index in [1.54, 1.807) is 0 Å². The molecular formula is C14H18N4O2. The van der Waals surface area contributed by atoms with Gasteiger partial charge in [0.05, 0.1) is 12.6 Å². The van der Waals surface area contributed by atoms with Gasteiger partial charge in [0.2, 0.25) is 11.8 Å². The smallest absolute Gasteiger partial charge is 0.240 e. The number of fused-ring (bicyclic) bond motifs is 1. The van der Waals surface area contributed by atoms with E-state index in [4.69, 9.17) is 11.5 Å². The van der Waals surface area contributed by atoms with E-state index in [0.717, 1.165) is 16.5 Å². The van der Waals surface area contributed by atoms with E-state index in [-0.39, 0.29) is 12.5 Å². The summed E-state index contributed by atoms with van der Waals surface area (Å²) in [5.41, 5.74) is 13.0. The lowest BCUT2D eigenvalue weighted by atomic mass is 10.0. The minimum Gasteiger partial charge on any atom is -0.368 e. The number of para-hydroxylation sites is 1. The summed E-state index contributed by atoms with van der Waals surface area (Å²) in [7, 11) is 1.52. The lowest BCUT2D eigenvalue weighted by Crippen LogP contribution is -2.45. The monoisotopic (exact) mass is 274 g/mol. The number of carbonyl (C=O) groups is 2. The lowest BCUT2D eigenvalue weighted by Gasteiger charge is -2.19. The Morgan fingerprint density at radius 3 is 2.75 bits per heavy atom. The molecule has 0 aliphatic heterocycles. The average Bonchev–Trinajstić information content (AvgIpc) is 2.80. The third kappa shape index (κ3) is 2.97. The Morgan fingerprint density at radius 1 is 1.35 bits per heavy atom. The number of aromatic nitrogens is 1. The van der Waals surface area contributed by atoms with Crippen LogP contribution in [0.5, 0.6) is 0 Å². The normalized spacial score (nSPS) is 12.3. The van der Waals surface area contributed by atoms with Crippen LogP contribution in [0.3, 0.4) is 0 Å². The fourth-order valence-electron chi connectivity index (χ4n) is 2.22. The van der Waals surface area contributed by atoms with Gasteiger partial charge in [0.25, 0.3) is 0 Å². The van der Waals surface area contributed by atoms with Crippen LogP contribution < -0.4 is 11.5 Å². The van der Waals surface area contributed by atoms with Crippen molar-refractivity contribution in [1.82, 2.24) is 9.88 Å². The summed E-state index contributed by atoms with van der Waals surface area (Å²) in [5.74, 6) is -0.853. The maximum atomic E-state index is 12.0. The lowest BCUT2D eigenvalue weighted by molar-refractivity contribution is -0.134. The molecule has 2 amide bonds. The minimum absolute atomic E-state index is 0.125. The van der Waals surface area contributed by atoms with E-state index in [0.29, 0.717) is 6.42 Å². The van der Waals surface area contributed by atoms with Gasteiger partial charge in [0.1, 0.15) is 0 Å². The molecule has 0 aliphatic carbocycles. The van der Waals surface area contributed by atoms with Crippen LogP contribution in [-0.2, 0) is 16.0 Å². The quantitative estimate of drug-likeness (QED) is 0.713. The Kier molecular flexibility index (Phi) is 4.05. The molecule has 1 aromatic carbocycles. The van der Waals surface area contributed by atoms with Crippen LogP contribution in [0.4, 0.5) is 0 Å². The standard InChI is InChI=1S/C14H18N4O2/c1-18(8-13(16)19)14(20)11(15)6-9-7-17-12-5-3-2-4-10(9)12/h2-5,7,11,17H,6,8,15H2,1H3,(H2,16,19)/t11-/m0/s1. The number of hydrogen-bond donors (Lipinski definition) is 3. The number of nitrogens with one attached hydrogen (secondary N) is 1. The van der Waals surface area contributed by atoms with Gasteiger partial charge in [-0.1, -0.05) is 18.2 Å². The average molecular weight is 274 g/mol. The van der Waals surface area contributed by atoms with Crippen molar-refractivity contribution >= 4 is 22.7 Å². The zero-order chi connectivity index (χ0) is 14.7. The molecule has 0 bridgehead atoms. The van der Waals surface area contributed by atoms with Crippen LogP contribution >= 0.6 is 0 Å². The topological polar surface area (TPSA) is 105 Å². The molecule has 2 aromatic rings. The second-order valence-corrected chi connectivity index (χ2v) is 4.83. The molecule has 20 heavy (non-hydrogen) atoms. The van der Waals surface area contributed by atoms with Crippen LogP contribution in [0.2, 0.25) is 0 Å². The molecule has 0 saturated carbocycles. The number of H-pyrrole nitrogens is 1. The SMILES string of the molecule is CN(CC(N)=O)C(=O)[C@@H](N)Cc1c[nH]c2ccccc12. The highest BCUT2D eigenvalue weighted by Crippen LogP contribution is 2.18. The molecular weight excluding hydrogens is 256 g/mol. The predicted molar refractivity (Wildman–Crippen MR) is 76.8 cm³/mol. The molecule has 106 valence electrons. The molecule has 6 nitrogen and oxygen atoms in total. The second kappa shape index (κ2) is 5.75. The summed E-state index contributed by atoms with van der Waals surface area (Å²) >= 11 is 0. The van der Waals surface area contributed by atoms with Crippen molar-refractivity contribution in [3.05, 3.63) is 36.0 Å². The molecule has 5 N–H and O–H groups in total. The molecule has 1 atom stereocenters. The number of primary amides is 1. The van der Waals surface area contributed by atoms with Gasteiger partial charge in [-0.3, -0.25) is 9.59 Å². The Bertz CT molecular complexity index is 635. The number of aromatic amines is 1. The second-order valence-electron chi connectivity index (χ2n) is 4.83. The number of benzene rings is 1. The largest absolute Gasteiger partial charge is 0.368 e. The highest BCUT2D eigenvalue weighted by Gasteiger charge is 2.20. The third-order valence-electron chi connectivity index (χ3n) is 3.20. The summed E-state index contributed by atoms with van der Waals surface area (Å²) in [5, 5.41) is 1.05. The van der Waals surface area contributed by atoms with E-state index in [2.05, 4.69) is 4.98 Å². The van der Waals surface area contributed by atoms with Crippen molar-refractivity contribution in [2.75, 3.05) is 13.6 Å². The summed E-state index contributed by atoms with van der Waals surface area (Å²) < 4.78 is 0. The molecule has 0 saturated heterocycles. The van der Waals surface area contributed by atoms with Crippen LogP contribution in [-0.4, -0.2) is 41.3 Å². The Balaban J connectivity index is 2.09. The van der Waals surface area contributed by atoms with Gasteiger partial charge < -0.3 is 21.4 Å². The molecule has 0 aliphatic rings. The van der Waals surface area contributed by atoms with Crippen LogP contribution in [0.15, 0.2) is 30.5 Å². The van der Waals surface area contributed by atoms with Crippen LogP contribution in [0.1, 0.15) is 5.56 Å². The summed E-state index contributed by atoms with van der Waals surface area (Å²) in [6.07, 6.45) is 2.26. The van der Waals surface area contributed by atoms with E-state index < -0.39 is 11.9 Å². The van der Waals surface area contributed by atoms with E-state index in [1.807, 2.05) is 30.5 Å². The highest BCUT2D eigenvalue weighted by molar-refractivity contribution is 5.88.